The Balaban J connectivity index is 1.81. The lowest BCUT2D eigenvalue weighted by Crippen LogP contribution is -2.42. The van der Waals surface area contributed by atoms with Crippen molar-refractivity contribution in [3.63, 3.8) is 0 Å². The van der Waals surface area contributed by atoms with Crippen molar-refractivity contribution in [3.05, 3.63) is 35.6 Å². The average Bonchev–Trinajstić information content (AvgIpc) is 3.17. The van der Waals surface area contributed by atoms with Gasteiger partial charge in [0.25, 0.3) is 5.91 Å². The Morgan fingerprint density at radius 3 is 2.53 bits per heavy atom. The molecule has 4 N–H and O–H groups in total. The molecule has 3 heterocycles. The summed E-state index contributed by atoms with van der Waals surface area (Å²) in [5.41, 5.74) is -0.177. The molecule has 0 saturated heterocycles. The molecule has 0 aromatic carbocycles. The van der Waals surface area contributed by atoms with E-state index in [2.05, 4.69) is 30.9 Å². The van der Waals surface area contributed by atoms with Crippen LogP contribution < -0.4 is 16.0 Å². The van der Waals surface area contributed by atoms with E-state index < -0.39 is 23.3 Å². The SMILES string of the molecule is CC(C)(F)CNc1cc(Nc2cc3scnc3cn2)ncc1C(=O)NC[C@@H](F)C(C)(C)O. The fraction of sp³-hybridized carbons (Fsp3) is 0.429. The van der Waals surface area contributed by atoms with Crippen molar-refractivity contribution in [1.82, 2.24) is 20.3 Å². The first-order valence-electron chi connectivity index (χ1n) is 9.96. The van der Waals surface area contributed by atoms with Gasteiger partial charge in [0, 0.05) is 24.9 Å². The Bertz CT molecular complexity index is 1090. The van der Waals surface area contributed by atoms with E-state index >= 15 is 0 Å². The van der Waals surface area contributed by atoms with E-state index in [4.69, 9.17) is 0 Å². The molecule has 0 aliphatic rings. The highest BCUT2D eigenvalue weighted by atomic mass is 32.1. The van der Waals surface area contributed by atoms with Crippen molar-refractivity contribution in [2.24, 2.45) is 0 Å². The first-order chi connectivity index (χ1) is 14.9. The first kappa shape index (κ1) is 23.7. The molecule has 8 nitrogen and oxygen atoms in total. The van der Waals surface area contributed by atoms with Crippen LogP contribution in [0, 0.1) is 0 Å². The number of halogens is 2. The number of carbonyl (C=O) groups excluding carboxylic acids is 1. The summed E-state index contributed by atoms with van der Waals surface area (Å²) in [7, 11) is 0. The number of alkyl halides is 2. The van der Waals surface area contributed by atoms with Gasteiger partial charge in [0.05, 0.1) is 45.3 Å². The van der Waals surface area contributed by atoms with Crippen LogP contribution in [0.15, 0.2) is 30.0 Å². The number of hydrogen-bond acceptors (Lipinski definition) is 8. The number of thiazole rings is 1. The van der Waals surface area contributed by atoms with Gasteiger partial charge in [-0.05, 0) is 27.7 Å². The number of hydrogen-bond donors (Lipinski definition) is 4. The van der Waals surface area contributed by atoms with Crippen LogP contribution in [0.2, 0.25) is 0 Å². The van der Waals surface area contributed by atoms with Gasteiger partial charge >= 0.3 is 0 Å². The average molecular weight is 465 g/mol. The zero-order chi connectivity index (χ0) is 23.5. The van der Waals surface area contributed by atoms with Gasteiger partial charge in [-0.3, -0.25) is 4.79 Å². The van der Waals surface area contributed by atoms with E-state index in [9.17, 15) is 18.7 Å². The molecular formula is C21H26F2N6O2S. The third-order valence-electron chi connectivity index (χ3n) is 4.53. The summed E-state index contributed by atoms with van der Waals surface area (Å²) in [5, 5.41) is 18.1. The van der Waals surface area contributed by atoms with Gasteiger partial charge in [-0.1, -0.05) is 0 Å². The van der Waals surface area contributed by atoms with Gasteiger partial charge in [0.1, 0.15) is 23.5 Å². The van der Waals surface area contributed by atoms with Gasteiger partial charge in [0.2, 0.25) is 0 Å². The summed E-state index contributed by atoms with van der Waals surface area (Å²) in [6.45, 7) is 5.02. The summed E-state index contributed by atoms with van der Waals surface area (Å²) in [4.78, 5) is 25.4. The molecule has 172 valence electrons. The second-order valence-corrected chi connectivity index (χ2v) is 9.42. The standard InChI is InChI=1S/C21H26F2N6O2S/c1-20(2,23)10-27-13-5-17(29-18-6-15-14(8-25-18)28-11-32-15)24-7-12(13)19(30)26-9-16(22)21(3,4)31/h5-8,11,16,31H,9-10H2,1-4H3,(H,26,30)(H2,24,25,27,29)/t16-/m1/s1. The predicted molar refractivity (Wildman–Crippen MR) is 122 cm³/mol. The summed E-state index contributed by atoms with van der Waals surface area (Å²) in [6, 6.07) is 3.38. The Morgan fingerprint density at radius 2 is 1.84 bits per heavy atom. The van der Waals surface area contributed by atoms with Crippen LogP contribution >= 0.6 is 11.3 Å². The lowest BCUT2D eigenvalue weighted by molar-refractivity contribution is -0.00177. The number of nitrogens with one attached hydrogen (secondary N) is 3. The van der Waals surface area contributed by atoms with Gasteiger partial charge in [-0.25, -0.2) is 23.7 Å². The van der Waals surface area contributed by atoms with Crippen LogP contribution in [-0.4, -0.2) is 56.5 Å². The number of aliphatic hydroxyl groups is 1. The number of amides is 1. The van der Waals surface area contributed by atoms with Crippen LogP contribution in [0.25, 0.3) is 10.2 Å². The monoisotopic (exact) mass is 464 g/mol. The van der Waals surface area contributed by atoms with Gasteiger partial charge in [-0.15, -0.1) is 11.3 Å². The van der Waals surface area contributed by atoms with E-state index in [1.54, 1.807) is 17.8 Å². The molecule has 3 aromatic heterocycles. The number of pyridine rings is 2. The number of anilines is 3. The number of rotatable bonds is 9. The van der Waals surface area contributed by atoms with Crippen LogP contribution in [0.3, 0.4) is 0 Å². The molecule has 1 atom stereocenters. The zero-order valence-corrected chi connectivity index (χ0v) is 19.1. The van der Waals surface area contributed by atoms with Crippen LogP contribution in [0.5, 0.6) is 0 Å². The topological polar surface area (TPSA) is 112 Å². The summed E-state index contributed by atoms with van der Waals surface area (Å²) < 4.78 is 29.0. The summed E-state index contributed by atoms with van der Waals surface area (Å²) in [6.07, 6.45) is 1.29. The number of nitrogens with zero attached hydrogens (tertiary/aromatic N) is 3. The van der Waals surface area contributed by atoms with E-state index in [0.29, 0.717) is 17.3 Å². The van der Waals surface area contributed by atoms with E-state index in [1.165, 1.54) is 45.2 Å². The first-order valence-corrected chi connectivity index (χ1v) is 10.8. The zero-order valence-electron chi connectivity index (χ0n) is 18.2. The molecular weight excluding hydrogens is 438 g/mol. The molecule has 11 heteroatoms. The molecule has 1 amide bonds. The maximum Gasteiger partial charge on any atom is 0.255 e. The van der Waals surface area contributed by atoms with Crippen molar-refractivity contribution >= 4 is 44.8 Å². The van der Waals surface area contributed by atoms with Crippen molar-refractivity contribution in [1.29, 1.82) is 0 Å². The molecule has 0 saturated carbocycles. The molecule has 0 aliphatic heterocycles. The largest absolute Gasteiger partial charge is 0.387 e. The Labute approximate surface area is 188 Å². The van der Waals surface area contributed by atoms with Gasteiger partial charge < -0.3 is 21.1 Å². The third kappa shape index (κ3) is 6.30. The maximum atomic E-state index is 14.1. The fourth-order valence-electron chi connectivity index (χ4n) is 2.64. The highest BCUT2D eigenvalue weighted by Gasteiger charge is 2.27. The minimum absolute atomic E-state index is 0.0583. The van der Waals surface area contributed by atoms with E-state index in [1.807, 2.05) is 6.07 Å². The van der Waals surface area contributed by atoms with Crippen molar-refractivity contribution < 1.29 is 18.7 Å². The van der Waals surface area contributed by atoms with Gasteiger partial charge in [-0.2, -0.15) is 0 Å². The minimum atomic E-state index is -1.66. The summed E-state index contributed by atoms with van der Waals surface area (Å²) in [5.74, 6) is 0.324. The lowest BCUT2D eigenvalue weighted by atomic mass is 10.0. The molecule has 0 unspecified atom stereocenters. The molecule has 3 aromatic rings. The fourth-order valence-corrected chi connectivity index (χ4v) is 3.33. The Morgan fingerprint density at radius 1 is 1.16 bits per heavy atom. The molecule has 3 rings (SSSR count). The highest BCUT2D eigenvalue weighted by Crippen LogP contribution is 2.25. The maximum absolute atomic E-state index is 14.1. The number of carbonyl (C=O) groups is 1. The number of fused-ring (bicyclic) bond motifs is 1. The second-order valence-electron chi connectivity index (χ2n) is 8.53. The quantitative estimate of drug-likeness (QED) is 0.381. The van der Waals surface area contributed by atoms with Gasteiger partial charge in [0.15, 0.2) is 0 Å². The van der Waals surface area contributed by atoms with Crippen molar-refractivity contribution in [3.8, 4) is 0 Å². The highest BCUT2D eigenvalue weighted by molar-refractivity contribution is 7.16. The minimum Gasteiger partial charge on any atom is -0.387 e. The normalized spacial score (nSPS) is 13.1. The molecule has 0 spiro atoms. The molecule has 0 radical (unpaired) electrons. The smallest absolute Gasteiger partial charge is 0.255 e. The predicted octanol–water partition coefficient (Wildman–Crippen LogP) is 3.83. The van der Waals surface area contributed by atoms with Crippen LogP contribution in [0.1, 0.15) is 38.1 Å². The molecule has 0 bridgehead atoms. The van der Waals surface area contributed by atoms with Crippen molar-refractivity contribution in [2.45, 2.75) is 45.1 Å². The van der Waals surface area contributed by atoms with Crippen LogP contribution in [-0.2, 0) is 0 Å². The van der Waals surface area contributed by atoms with Crippen LogP contribution in [0.4, 0.5) is 26.1 Å². The third-order valence-corrected chi connectivity index (χ3v) is 5.32. The molecule has 0 fully saturated rings. The van der Waals surface area contributed by atoms with E-state index in [0.717, 1.165) is 10.2 Å². The Kier molecular flexibility index (Phi) is 6.89. The molecule has 32 heavy (non-hydrogen) atoms. The van der Waals surface area contributed by atoms with Crippen molar-refractivity contribution in [2.75, 3.05) is 23.7 Å². The molecule has 0 aliphatic carbocycles. The second kappa shape index (κ2) is 9.29. The number of aromatic nitrogens is 3. The lowest BCUT2D eigenvalue weighted by Gasteiger charge is -2.23. The summed E-state index contributed by atoms with van der Waals surface area (Å²) >= 11 is 1.47. The Hall–Kier alpha value is -2.92. The van der Waals surface area contributed by atoms with E-state index in [-0.39, 0.29) is 18.7 Å².